The highest BCUT2D eigenvalue weighted by molar-refractivity contribution is 5.97. The van der Waals surface area contributed by atoms with Crippen molar-refractivity contribution in [1.29, 1.82) is 0 Å². The Labute approximate surface area is 178 Å². The highest BCUT2D eigenvalue weighted by Gasteiger charge is 2.18. The summed E-state index contributed by atoms with van der Waals surface area (Å²) < 4.78 is 5.18. The predicted molar refractivity (Wildman–Crippen MR) is 116 cm³/mol. The largest absolute Gasteiger partial charge is 0.453 e. The number of hydrogen-bond donors (Lipinski definition) is 2. The number of ether oxygens (including phenoxy) is 1. The molecule has 1 heterocycles. The predicted octanol–water partition coefficient (Wildman–Crippen LogP) is 3.02. The number of H-pyrrole nitrogens is 1. The molecule has 31 heavy (non-hydrogen) atoms. The van der Waals surface area contributed by atoms with E-state index >= 15 is 0 Å². The van der Waals surface area contributed by atoms with Crippen LogP contribution in [0.15, 0.2) is 53.3 Å². The van der Waals surface area contributed by atoms with Gasteiger partial charge in [0.05, 0.1) is 10.9 Å². The zero-order chi connectivity index (χ0) is 22.4. The van der Waals surface area contributed by atoms with E-state index in [1.165, 1.54) is 13.8 Å². The van der Waals surface area contributed by atoms with Crippen LogP contribution in [0.5, 0.6) is 0 Å². The third-order valence-electron chi connectivity index (χ3n) is 4.69. The quantitative estimate of drug-likeness (QED) is 0.426. The first-order valence-electron chi connectivity index (χ1n) is 9.93. The van der Waals surface area contributed by atoms with Gasteiger partial charge in [-0.15, -0.1) is 0 Å². The van der Waals surface area contributed by atoms with E-state index in [1.54, 1.807) is 48.5 Å². The summed E-state index contributed by atoms with van der Waals surface area (Å²) in [7, 11) is 0. The topological polar surface area (TPSA) is 118 Å². The molecule has 0 spiro atoms. The summed E-state index contributed by atoms with van der Waals surface area (Å²) in [6, 6.07) is 13.5. The molecule has 0 bridgehead atoms. The molecule has 3 rings (SSSR count). The fraction of sp³-hybridized carbons (Fsp3) is 0.261. The van der Waals surface area contributed by atoms with Gasteiger partial charge in [0.25, 0.3) is 11.5 Å². The van der Waals surface area contributed by atoms with Gasteiger partial charge in [0.2, 0.25) is 0 Å². The number of nitrogens with one attached hydrogen (secondary N) is 2. The minimum Gasteiger partial charge on any atom is -0.453 e. The molecule has 1 atom stereocenters. The minimum atomic E-state index is -0.974. The molecular weight excluding hydrogens is 398 g/mol. The van der Waals surface area contributed by atoms with Gasteiger partial charge in [-0.3, -0.25) is 19.2 Å². The number of aromatic nitrogens is 2. The maximum atomic E-state index is 12.2. The van der Waals surface area contributed by atoms with Gasteiger partial charge in [-0.1, -0.05) is 12.1 Å². The zero-order valence-corrected chi connectivity index (χ0v) is 17.3. The molecule has 1 aromatic heterocycles. The molecule has 2 aromatic carbocycles. The first kappa shape index (κ1) is 21.9. The van der Waals surface area contributed by atoms with Crippen LogP contribution >= 0.6 is 0 Å². The molecule has 0 fully saturated rings. The van der Waals surface area contributed by atoms with Crippen molar-refractivity contribution < 1.29 is 19.1 Å². The summed E-state index contributed by atoms with van der Waals surface area (Å²) in [5, 5.41) is 3.16. The number of benzene rings is 2. The van der Waals surface area contributed by atoms with Gasteiger partial charge >= 0.3 is 5.97 Å². The molecule has 0 aliphatic heterocycles. The Kier molecular flexibility index (Phi) is 6.92. The molecule has 0 aliphatic rings. The first-order valence-corrected chi connectivity index (χ1v) is 9.93. The lowest BCUT2D eigenvalue weighted by Crippen LogP contribution is -2.30. The van der Waals surface area contributed by atoms with Crippen molar-refractivity contribution in [2.75, 3.05) is 5.32 Å². The molecule has 0 saturated heterocycles. The van der Waals surface area contributed by atoms with E-state index < -0.39 is 18.0 Å². The van der Waals surface area contributed by atoms with Crippen LogP contribution < -0.4 is 10.9 Å². The number of hydrogen-bond acceptors (Lipinski definition) is 6. The molecule has 0 aliphatic carbocycles. The maximum absolute atomic E-state index is 12.2. The Morgan fingerprint density at radius 2 is 1.81 bits per heavy atom. The number of nitrogens with zero attached hydrogens (tertiary/aromatic N) is 1. The number of anilines is 1. The van der Waals surface area contributed by atoms with E-state index in [2.05, 4.69) is 15.3 Å². The van der Waals surface area contributed by atoms with E-state index in [1.807, 2.05) is 0 Å². The Morgan fingerprint density at radius 1 is 1.10 bits per heavy atom. The van der Waals surface area contributed by atoms with Crippen molar-refractivity contribution >= 4 is 34.3 Å². The van der Waals surface area contributed by atoms with E-state index in [4.69, 9.17) is 4.74 Å². The third-order valence-corrected chi connectivity index (χ3v) is 4.69. The van der Waals surface area contributed by atoms with Gasteiger partial charge in [0, 0.05) is 24.1 Å². The number of aromatic amines is 1. The molecule has 0 unspecified atom stereocenters. The Morgan fingerprint density at radius 3 is 2.52 bits per heavy atom. The monoisotopic (exact) mass is 421 g/mol. The van der Waals surface area contributed by atoms with Crippen molar-refractivity contribution in [3.63, 3.8) is 0 Å². The summed E-state index contributed by atoms with van der Waals surface area (Å²) in [6.07, 6.45) is -0.0701. The number of para-hydroxylation sites is 1. The summed E-state index contributed by atoms with van der Waals surface area (Å²) in [5.41, 5.74) is 1.43. The number of fused-ring (bicyclic) bond motifs is 1. The van der Waals surface area contributed by atoms with Crippen molar-refractivity contribution in [1.82, 2.24) is 9.97 Å². The lowest BCUT2D eigenvalue weighted by atomic mass is 10.1. The lowest BCUT2D eigenvalue weighted by Gasteiger charge is -2.13. The number of ketones is 1. The molecule has 160 valence electrons. The summed E-state index contributed by atoms with van der Waals surface area (Å²) in [6.45, 7) is 2.95. The zero-order valence-electron chi connectivity index (χ0n) is 17.3. The molecule has 0 radical (unpaired) electrons. The standard InChI is InChI=1S/C23H23N3O5/c1-14(27)16-10-12-17(13-11-16)24-22(29)15(2)31-21(28)9-5-8-20-25-19-7-4-3-6-18(19)23(30)26-20/h3-4,6-7,10-13,15H,5,8-9H2,1-2H3,(H,24,29)(H,25,26,30)/t15-/m1/s1. The molecule has 8 heteroatoms. The summed E-state index contributed by atoms with van der Waals surface area (Å²) >= 11 is 0. The van der Waals surface area contributed by atoms with Crippen LogP contribution in [0, 0.1) is 0 Å². The molecule has 3 aromatic rings. The maximum Gasteiger partial charge on any atom is 0.306 e. The summed E-state index contributed by atoms with van der Waals surface area (Å²) in [4.78, 5) is 54.8. The van der Waals surface area contributed by atoms with Gasteiger partial charge in [-0.2, -0.15) is 0 Å². The molecule has 0 saturated carbocycles. The molecule has 2 N–H and O–H groups in total. The van der Waals surface area contributed by atoms with Gasteiger partial charge < -0.3 is 15.0 Å². The smallest absolute Gasteiger partial charge is 0.306 e. The van der Waals surface area contributed by atoms with Crippen LogP contribution in [-0.4, -0.2) is 33.7 Å². The molecular formula is C23H23N3O5. The second-order valence-corrected chi connectivity index (χ2v) is 7.14. The fourth-order valence-electron chi connectivity index (χ4n) is 3.00. The number of esters is 1. The van der Waals surface area contributed by atoms with Crippen molar-refractivity contribution in [2.45, 2.75) is 39.2 Å². The first-order chi connectivity index (χ1) is 14.8. The van der Waals surface area contributed by atoms with Crippen LogP contribution in [-0.2, 0) is 20.7 Å². The van der Waals surface area contributed by atoms with Crippen LogP contribution in [0.1, 0.15) is 42.9 Å². The average molecular weight is 421 g/mol. The Balaban J connectivity index is 1.47. The average Bonchev–Trinajstić information content (AvgIpc) is 2.74. The number of aryl methyl sites for hydroxylation is 1. The highest BCUT2D eigenvalue weighted by Crippen LogP contribution is 2.12. The third kappa shape index (κ3) is 5.85. The fourth-order valence-corrected chi connectivity index (χ4v) is 3.00. The highest BCUT2D eigenvalue weighted by atomic mass is 16.5. The number of rotatable bonds is 8. The Hall–Kier alpha value is -3.81. The van der Waals surface area contributed by atoms with Crippen molar-refractivity contribution in [3.8, 4) is 0 Å². The van der Waals surface area contributed by atoms with Crippen LogP contribution in [0.3, 0.4) is 0 Å². The minimum absolute atomic E-state index is 0.0665. The molecule has 1 amide bonds. The normalized spacial score (nSPS) is 11.7. The van der Waals surface area contributed by atoms with Crippen molar-refractivity contribution in [3.05, 3.63) is 70.3 Å². The Bertz CT molecular complexity index is 1170. The number of amides is 1. The second-order valence-electron chi connectivity index (χ2n) is 7.14. The SMILES string of the molecule is CC(=O)c1ccc(NC(=O)[C@@H](C)OC(=O)CCCc2nc3ccccc3c(=O)[nH]2)cc1. The van der Waals surface area contributed by atoms with Gasteiger partial charge in [0.1, 0.15) is 5.82 Å². The molecule has 8 nitrogen and oxygen atoms in total. The van der Waals surface area contributed by atoms with E-state index in [0.717, 1.165) is 0 Å². The van der Waals surface area contributed by atoms with Gasteiger partial charge in [-0.25, -0.2) is 4.98 Å². The number of Topliss-reactive ketones (excluding diaryl/α,β-unsaturated/α-hetero) is 1. The van der Waals surface area contributed by atoms with Crippen molar-refractivity contribution in [2.24, 2.45) is 0 Å². The van der Waals surface area contributed by atoms with Crippen LogP contribution in [0.4, 0.5) is 5.69 Å². The van der Waals surface area contributed by atoms with E-state index in [0.29, 0.717) is 40.8 Å². The lowest BCUT2D eigenvalue weighted by molar-refractivity contribution is -0.153. The van der Waals surface area contributed by atoms with E-state index in [9.17, 15) is 19.2 Å². The van der Waals surface area contributed by atoms with E-state index in [-0.39, 0.29) is 17.8 Å². The number of carbonyl (C=O) groups is 3. The van der Waals surface area contributed by atoms with Gasteiger partial charge in [-0.05, 0) is 56.7 Å². The number of carbonyl (C=O) groups excluding carboxylic acids is 3. The van der Waals surface area contributed by atoms with Crippen LogP contribution in [0.25, 0.3) is 10.9 Å². The van der Waals surface area contributed by atoms with Gasteiger partial charge in [0.15, 0.2) is 11.9 Å². The second kappa shape index (κ2) is 9.80. The van der Waals surface area contributed by atoms with Crippen LogP contribution in [0.2, 0.25) is 0 Å². The summed E-state index contributed by atoms with van der Waals surface area (Å²) in [5.74, 6) is -0.554.